The van der Waals surface area contributed by atoms with Gasteiger partial charge in [-0.05, 0) is 40.7 Å². The molecule has 0 heterocycles. The minimum absolute atomic E-state index is 0.00144. The molecule has 2 rings (SSSR count). The van der Waals surface area contributed by atoms with Crippen LogP contribution in [0, 0.1) is 5.92 Å². The number of carbonyl (C=O) groups is 1. The Balaban J connectivity index is 2.14. The van der Waals surface area contributed by atoms with Gasteiger partial charge in [0.25, 0.3) is 0 Å². The van der Waals surface area contributed by atoms with Crippen molar-refractivity contribution in [1.82, 2.24) is 5.32 Å². The topological polar surface area (TPSA) is 29.1 Å². The smallest absolute Gasteiger partial charge is 0.217 e. The predicted octanol–water partition coefficient (Wildman–Crippen LogP) is 4.19. The highest BCUT2D eigenvalue weighted by molar-refractivity contribution is 5.73. The third-order valence-electron chi connectivity index (χ3n) is 3.40. The summed E-state index contributed by atoms with van der Waals surface area (Å²) < 4.78 is 0. The Bertz CT molecular complexity index is 599. The van der Waals surface area contributed by atoms with Crippen molar-refractivity contribution in [3.8, 4) is 11.1 Å². The maximum Gasteiger partial charge on any atom is 0.217 e. The van der Waals surface area contributed by atoms with Crippen molar-refractivity contribution in [2.45, 2.75) is 33.7 Å². The van der Waals surface area contributed by atoms with Crippen molar-refractivity contribution < 1.29 is 4.79 Å². The van der Waals surface area contributed by atoms with E-state index in [-0.39, 0.29) is 5.91 Å². The van der Waals surface area contributed by atoms with E-state index in [9.17, 15) is 4.79 Å². The largest absolute Gasteiger partial charge is 0.352 e. The zero-order chi connectivity index (χ0) is 15.2. The number of amides is 1. The van der Waals surface area contributed by atoms with Gasteiger partial charge in [0, 0.05) is 13.5 Å². The summed E-state index contributed by atoms with van der Waals surface area (Å²) in [6.45, 7) is 6.59. The van der Waals surface area contributed by atoms with Crippen molar-refractivity contribution >= 4 is 5.91 Å². The highest BCUT2D eigenvalue weighted by atomic mass is 16.1. The van der Waals surface area contributed by atoms with Crippen LogP contribution in [0.5, 0.6) is 0 Å². The zero-order valence-corrected chi connectivity index (χ0v) is 13.0. The minimum Gasteiger partial charge on any atom is -0.352 e. The van der Waals surface area contributed by atoms with E-state index in [0.717, 1.165) is 12.0 Å². The van der Waals surface area contributed by atoms with Gasteiger partial charge >= 0.3 is 0 Å². The summed E-state index contributed by atoms with van der Waals surface area (Å²) in [4.78, 5) is 11.0. The van der Waals surface area contributed by atoms with Gasteiger partial charge in [-0.1, -0.05) is 56.3 Å². The Morgan fingerprint density at radius 3 is 2.33 bits per heavy atom. The Kier molecular flexibility index (Phi) is 5.15. The first kappa shape index (κ1) is 15.3. The van der Waals surface area contributed by atoms with Crippen molar-refractivity contribution in [2.24, 2.45) is 5.92 Å². The summed E-state index contributed by atoms with van der Waals surface area (Å²) in [5.41, 5.74) is 4.90. The first-order chi connectivity index (χ1) is 10.0. The van der Waals surface area contributed by atoms with Crippen LogP contribution in [0.15, 0.2) is 48.5 Å². The Hall–Kier alpha value is -2.09. The molecule has 0 saturated heterocycles. The second-order valence-corrected chi connectivity index (χ2v) is 5.91. The lowest BCUT2D eigenvalue weighted by Gasteiger charge is -2.08. The average Bonchev–Trinajstić information content (AvgIpc) is 2.45. The second-order valence-electron chi connectivity index (χ2n) is 5.91. The molecule has 2 aromatic carbocycles. The van der Waals surface area contributed by atoms with Crippen LogP contribution in [0.2, 0.25) is 0 Å². The van der Waals surface area contributed by atoms with Gasteiger partial charge in [0.1, 0.15) is 0 Å². The zero-order valence-electron chi connectivity index (χ0n) is 13.0. The van der Waals surface area contributed by atoms with Gasteiger partial charge in [-0.2, -0.15) is 0 Å². The number of hydrogen-bond acceptors (Lipinski definition) is 1. The molecular formula is C19H23NO. The molecule has 0 atom stereocenters. The van der Waals surface area contributed by atoms with Crippen LogP contribution in [0.1, 0.15) is 31.9 Å². The number of benzene rings is 2. The van der Waals surface area contributed by atoms with E-state index in [1.54, 1.807) is 0 Å². The summed E-state index contributed by atoms with van der Waals surface area (Å²) in [7, 11) is 0. The lowest BCUT2D eigenvalue weighted by molar-refractivity contribution is -0.119. The lowest BCUT2D eigenvalue weighted by atomic mass is 9.98. The summed E-state index contributed by atoms with van der Waals surface area (Å²) >= 11 is 0. The fraction of sp³-hybridized carbons (Fsp3) is 0.316. The molecule has 1 amide bonds. The Morgan fingerprint density at radius 1 is 1.00 bits per heavy atom. The summed E-state index contributed by atoms with van der Waals surface area (Å²) in [5.74, 6) is 0.676. The van der Waals surface area contributed by atoms with Crippen LogP contribution < -0.4 is 5.32 Å². The molecule has 21 heavy (non-hydrogen) atoms. The molecule has 0 saturated carbocycles. The fourth-order valence-corrected chi connectivity index (χ4v) is 2.39. The van der Waals surface area contributed by atoms with Crippen LogP contribution in [-0.2, 0) is 17.8 Å². The van der Waals surface area contributed by atoms with Crippen LogP contribution in [-0.4, -0.2) is 5.91 Å². The standard InChI is InChI=1S/C19H23NO/c1-14(2)11-16-7-9-18(10-8-16)19-6-4-5-17(12-19)13-20-15(3)21/h4-10,12,14H,11,13H2,1-3H3,(H,20,21). The van der Waals surface area contributed by atoms with Crippen LogP contribution >= 0.6 is 0 Å². The third-order valence-corrected chi connectivity index (χ3v) is 3.40. The molecule has 1 N–H and O–H groups in total. The molecular weight excluding hydrogens is 258 g/mol. The quantitative estimate of drug-likeness (QED) is 0.875. The third kappa shape index (κ3) is 4.75. The minimum atomic E-state index is -0.00144. The van der Waals surface area contributed by atoms with Gasteiger partial charge in [0.2, 0.25) is 5.91 Å². The molecule has 0 radical (unpaired) electrons. The van der Waals surface area contributed by atoms with Crippen molar-refractivity contribution in [3.63, 3.8) is 0 Å². The molecule has 0 spiro atoms. The number of rotatable bonds is 5. The van der Waals surface area contributed by atoms with Crippen LogP contribution in [0.25, 0.3) is 11.1 Å². The molecule has 0 aromatic heterocycles. The molecule has 0 unspecified atom stereocenters. The lowest BCUT2D eigenvalue weighted by Crippen LogP contribution is -2.18. The van der Waals surface area contributed by atoms with Gasteiger partial charge < -0.3 is 5.32 Å². The van der Waals surface area contributed by atoms with Gasteiger partial charge in [0.05, 0.1) is 0 Å². The highest BCUT2D eigenvalue weighted by Crippen LogP contribution is 2.22. The maximum absolute atomic E-state index is 11.0. The summed E-state index contributed by atoms with van der Waals surface area (Å²) in [6.07, 6.45) is 1.11. The van der Waals surface area contributed by atoms with E-state index in [2.05, 4.69) is 55.6 Å². The van der Waals surface area contributed by atoms with Gasteiger partial charge in [-0.25, -0.2) is 0 Å². The molecule has 2 aromatic rings. The van der Waals surface area contributed by atoms with E-state index in [4.69, 9.17) is 0 Å². The van der Waals surface area contributed by atoms with E-state index >= 15 is 0 Å². The van der Waals surface area contributed by atoms with E-state index in [0.29, 0.717) is 12.5 Å². The molecule has 0 aliphatic heterocycles. The molecule has 0 bridgehead atoms. The monoisotopic (exact) mass is 281 g/mol. The molecule has 2 heteroatoms. The fourth-order valence-electron chi connectivity index (χ4n) is 2.39. The number of hydrogen-bond donors (Lipinski definition) is 1. The summed E-state index contributed by atoms with van der Waals surface area (Å²) in [5, 5.41) is 2.83. The van der Waals surface area contributed by atoms with E-state index in [1.165, 1.54) is 23.6 Å². The Morgan fingerprint density at radius 2 is 1.71 bits per heavy atom. The average molecular weight is 281 g/mol. The van der Waals surface area contributed by atoms with Crippen molar-refractivity contribution in [2.75, 3.05) is 0 Å². The summed E-state index contributed by atoms with van der Waals surface area (Å²) in [6, 6.07) is 17.1. The number of nitrogens with one attached hydrogen (secondary N) is 1. The SMILES string of the molecule is CC(=O)NCc1cccc(-c2ccc(CC(C)C)cc2)c1. The molecule has 110 valence electrons. The second kappa shape index (κ2) is 7.07. The van der Waals surface area contributed by atoms with E-state index in [1.807, 2.05) is 12.1 Å². The van der Waals surface area contributed by atoms with Crippen molar-refractivity contribution in [1.29, 1.82) is 0 Å². The first-order valence-corrected chi connectivity index (χ1v) is 7.47. The molecule has 2 nitrogen and oxygen atoms in total. The van der Waals surface area contributed by atoms with E-state index < -0.39 is 0 Å². The number of carbonyl (C=O) groups excluding carboxylic acids is 1. The van der Waals surface area contributed by atoms with Crippen LogP contribution in [0.3, 0.4) is 0 Å². The molecule has 0 aliphatic rings. The van der Waals surface area contributed by atoms with Gasteiger partial charge in [0.15, 0.2) is 0 Å². The van der Waals surface area contributed by atoms with Gasteiger partial charge in [-0.3, -0.25) is 4.79 Å². The van der Waals surface area contributed by atoms with Gasteiger partial charge in [-0.15, -0.1) is 0 Å². The molecule has 0 aliphatic carbocycles. The molecule has 0 fully saturated rings. The van der Waals surface area contributed by atoms with Crippen LogP contribution in [0.4, 0.5) is 0 Å². The predicted molar refractivity (Wildman–Crippen MR) is 87.9 cm³/mol. The first-order valence-electron chi connectivity index (χ1n) is 7.47. The Labute approximate surface area is 127 Å². The van der Waals surface area contributed by atoms with Crippen molar-refractivity contribution in [3.05, 3.63) is 59.7 Å². The maximum atomic E-state index is 11.0. The normalized spacial score (nSPS) is 10.7. The highest BCUT2D eigenvalue weighted by Gasteiger charge is 2.02.